The number of carbonyl (C=O) groups excluding carboxylic acids is 1. The van der Waals surface area contributed by atoms with Gasteiger partial charge in [-0.2, -0.15) is 0 Å². The number of benzene rings is 1. The molecule has 1 heterocycles. The highest BCUT2D eigenvalue weighted by molar-refractivity contribution is 9.10. The van der Waals surface area contributed by atoms with Gasteiger partial charge in [-0.15, -0.1) is 0 Å². The van der Waals surface area contributed by atoms with Gasteiger partial charge in [0.15, 0.2) is 0 Å². The molecule has 13 heavy (non-hydrogen) atoms. The molecule has 0 unspecified atom stereocenters. The van der Waals surface area contributed by atoms with Crippen LogP contribution in [0.5, 0.6) is 0 Å². The van der Waals surface area contributed by atoms with Gasteiger partial charge in [-0.25, -0.2) is 0 Å². The summed E-state index contributed by atoms with van der Waals surface area (Å²) in [5.41, 5.74) is 7.96. The van der Waals surface area contributed by atoms with E-state index in [0.717, 1.165) is 28.7 Å². The van der Waals surface area contributed by atoms with Crippen LogP contribution in [0.4, 0.5) is 5.69 Å². The first-order valence-corrected chi connectivity index (χ1v) is 4.84. The second-order valence-corrected chi connectivity index (χ2v) is 3.84. The first-order chi connectivity index (χ1) is 6.20. The molecule has 0 aromatic heterocycles. The van der Waals surface area contributed by atoms with Gasteiger partial charge in [-0.1, -0.05) is 0 Å². The lowest BCUT2D eigenvalue weighted by molar-refractivity contribution is 0.0999. The van der Waals surface area contributed by atoms with Gasteiger partial charge in [0.05, 0.1) is 5.56 Å². The maximum atomic E-state index is 11.1. The van der Waals surface area contributed by atoms with Crippen molar-refractivity contribution in [1.29, 1.82) is 0 Å². The molecule has 1 aromatic rings. The summed E-state index contributed by atoms with van der Waals surface area (Å²) < 4.78 is 0.780. The normalized spacial score (nSPS) is 13.6. The van der Waals surface area contributed by atoms with E-state index in [2.05, 4.69) is 21.2 Å². The predicted molar refractivity (Wildman–Crippen MR) is 54.9 cm³/mol. The Hall–Kier alpha value is -1.03. The molecular formula is C9H9BrN2O. The van der Waals surface area contributed by atoms with Crippen molar-refractivity contribution in [2.24, 2.45) is 5.73 Å². The second-order valence-electron chi connectivity index (χ2n) is 2.99. The molecule has 0 saturated carbocycles. The SMILES string of the molecule is NC(=O)c1c(Br)ccc2c1CCN2. The van der Waals surface area contributed by atoms with Crippen molar-refractivity contribution in [3.63, 3.8) is 0 Å². The molecule has 4 heteroatoms. The number of hydrogen-bond donors (Lipinski definition) is 2. The van der Waals surface area contributed by atoms with Crippen LogP contribution >= 0.6 is 15.9 Å². The van der Waals surface area contributed by atoms with Gasteiger partial charge in [-0.3, -0.25) is 4.79 Å². The van der Waals surface area contributed by atoms with E-state index in [1.807, 2.05) is 12.1 Å². The first kappa shape index (κ1) is 8.56. The minimum atomic E-state index is -0.368. The van der Waals surface area contributed by atoms with Gasteiger partial charge in [0.2, 0.25) is 5.91 Å². The highest BCUT2D eigenvalue weighted by Crippen LogP contribution is 2.30. The van der Waals surface area contributed by atoms with Crippen LogP contribution in [0, 0.1) is 0 Å². The molecule has 1 aliphatic heterocycles. The number of halogens is 1. The Balaban J connectivity index is 2.65. The van der Waals surface area contributed by atoms with Crippen LogP contribution in [0.1, 0.15) is 15.9 Å². The number of anilines is 1. The Morgan fingerprint density at radius 2 is 2.31 bits per heavy atom. The van der Waals surface area contributed by atoms with Crippen LogP contribution in [0.25, 0.3) is 0 Å². The fraction of sp³-hybridized carbons (Fsp3) is 0.222. The van der Waals surface area contributed by atoms with E-state index in [4.69, 9.17) is 5.73 Å². The van der Waals surface area contributed by atoms with Gasteiger partial charge in [0, 0.05) is 16.7 Å². The molecule has 0 aliphatic carbocycles. The standard InChI is InChI=1S/C9H9BrN2O/c10-6-1-2-7-5(3-4-12-7)8(6)9(11)13/h1-2,12H,3-4H2,(H2,11,13). The fourth-order valence-corrected chi connectivity index (χ4v) is 2.20. The summed E-state index contributed by atoms with van der Waals surface area (Å²) in [4.78, 5) is 11.1. The number of nitrogens with one attached hydrogen (secondary N) is 1. The number of nitrogens with two attached hydrogens (primary N) is 1. The van der Waals surface area contributed by atoms with Crippen molar-refractivity contribution in [1.82, 2.24) is 0 Å². The van der Waals surface area contributed by atoms with Crippen molar-refractivity contribution in [2.75, 3.05) is 11.9 Å². The van der Waals surface area contributed by atoms with E-state index in [9.17, 15) is 4.79 Å². The summed E-state index contributed by atoms with van der Waals surface area (Å²) in [6, 6.07) is 3.80. The average molecular weight is 241 g/mol. The number of fused-ring (bicyclic) bond motifs is 1. The highest BCUT2D eigenvalue weighted by atomic mass is 79.9. The van der Waals surface area contributed by atoms with Crippen LogP contribution in [-0.2, 0) is 6.42 Å². The molecular weight excluding hydrogens is 232 g/mol. The molecule has 68 valence electrons. The Morgan fingerprint density at radius 3 is 3.00 bits per heavy atom. The highest BCUT2D eigenvalue weighted by Gasteiger charge is 2.19. The number of rotatable bonds is 1. The van der Waals surface area contributed by atoms with Crippen molar-refractivity contribution >= 4 is 27.5 Å². The van der Waals surface area contributed by atoms with Crippen LogP contribution in [-0.4, -0.2) is 12.5 Å². The summed E-state index contributed by atoms with van der Waals surface area (Å²) >= 11 is 3.32. The van der Waals surface area contributed by atoms with E-state index in [-0.39, 0.29) is 5.91 Å². The summed E-state index contributed by atoms with van der Waals surface area (Å²) in [5, 5.41) is 3.19. The Kier molecular flexibility index (Phi) is 2.00. The van der Waals surface area contributed by atoms with Gasteiger partial charge in [0.25, 0.3) is 0 Å². The zero-order valence-corrected chi connectivity index (χ0v) is 8.52. The van der Waals surface area contributed by atoms with E-state index >= 15 is 0 Å². The Bertz CT molecular complexity index is 376. The molecule has 0 saturated heterocycles. The molecule has 0 fully saturated rings. The van der Waals surface area contributed by atoms with Crippen LogP contribution in [0.2, 0.25) is 0 Å². The smallest absolute Gasteiger partial charge is 0.250 e. The second kappa shape index (κ2) is 3.03. The molecule has 0 atom stereocenters. The summed E-state index contributed by atoms with van der Waals surface area (Å²) in [6.07, 6.45) is 0.868. The van der Waals surface area contributed by atoms with Crippen LogP contribution < -0.4 is 11.1 Å². The van der Waals surface area contributed by atoms with Gasteiger partial charge in [-0.05, 0) is 40.0 Å². The maximum Gasteiger partial charge on any atom is 0.250 e. The molecule has 1 aromatic carbocycles. The molecule has 1 aliphatic rings. The van der Waals surface area contributed by atoms with Crippen LogP contribution in [0.3, 0.4) is 0 Å². The van der Waals surface area contributed by atoms with Gasteiger partial charge in [0.1, 0.15) is 0 Å². The lowest BCUT2D eigenvalue weighted by Crippen LogP contribution is -2.14. The van der Waals surface area contributed by atoms with Crippen molar-refractivity contribution < 1.29 is 4.79 Å². The van der Waals surface area contributed by atoms with Crippen molar-refractivity contribution in [3.05, 3.63) is 27.7 Å². The van der Waals surface area contributed by atoms with Crippen molar-refractivity contribution in [2.45, 2.75) is 6.42 Å². The summed E-state index contributed by atoms with van der Waals surface area (Å²) in [5.74, 6) is -0.368. The minimum Gasteiger partial charge on any atom is -0.384 e. The molecule has 1 amide bonds. The number of amides is 1. The average Bonchev–Trinajstić information content (AvgIpc) is 2.50. The molecule has 0 bridgehead atoms. The molecule has 3 nitrogen and oxygen atoms in total. The number of carbonyl (C=O) groups is 1. The molecule has 3 N–H and O–H groups in total. The number of primary amides is 1. The van der Waals surface area contributed by atoms with Crippen LogP contribution in [0.15, 0.2) is 16.6 Å². The molecule has 2 rings (SSSR count). The largest absolute Gasteiger partial charge is 0.384 e. The molecule has 0 radical (unpaired) electrons. The van der Waals surface area contributed by atoms with Gasteiger partial charge < -0.3 is 11.1 Å². The zero-order valence-electron chi connectivity index (χ0n) is 6.93. The quantitative estimate of drug-likeness (QED) is 0.783. The van der Waals surface area contributed by atoms with E-state index in [0.29, 0.717) is 5.56 Å². The first-order valence-electron chi connectivity index (χ1n) is 4.05. The predicted octanol–water partition coefficient (Wildman–Crippen LogP) is 1.52. The van der Waals surface area contributed by atoms with Gasteiger partial charge >= 0.3 is 0 Å². The third-order valence-corrected chi connectivity index (χ3v) is 2.86. The van der Waals surface area contributed by atoms with Crippen molar-refractivity contribution in [3.8, 4) is 0 Å². The monoisotopic (exact) mass is 240 g/mol. The Morgan fingerprint density at radius 1 is 1.54 bits per heavy atom. The Labute approximate surface area is 84.4 Å². The minimum absolute atomic E-state index is 0.368. The summed E-state index contributed by atoms with van der Waals surface area (Å²) in [7, 11) is 0. The lowest BCUT2D eigenvalue weighted by atomic mass is 10.0. The van der Waals surface area contributed by atoms with E-state index < -0.39 is 0 Å². The summed E-state index contributed by atoms with van der Waals surface area (Å²) in [6.45, 7) is 0.881. The van der Waals surface area contributed by atoms with E-state index in [1.165, 1.54) is 0 Å². The lowest BCUT2D eigenvalue weighted by Gasteiger charge is -2.06. The molecule has 0 spiro atoms. The fourth-order valence-electron chi connectivity index (χ4n) is 1.63. The maximum absolute atomic E-state index is 11.1. The third-order valence-electron chi connectivity index (χ3n) is 2.20. The zero-order chi connectivity index (χ0) is 9.42. The van der Waals surface area contributed by atoms with E-state index in [1.54, 1.807) is 0 Å². The topological polar surface area (TPSA) is 55.1 Å². The number of hydrogen-bond acceptors (Lipinski definition) is 2. The third kappa shape index (κ3) is 1.31.